The summed E-state index contributed by atoms with van der Waals surface area (Å²) in [7, 11) is 1.64. The Bertz CT molecular complexity index is 984. The molecule has 5 nitrogen and oxygen atoms in total. The number of halogens is 2. The van der Waals surface area contributed by atoms with Crippen molar-refractivity contribution in [1.29, 1.82) is 0 Å². The zero-order chi connectivity index (χ0) is 21.1. The smallest absolute Gasteiger partial charge is 0.345 e. The highest BCUT2D eigenvalue weighted by molar-refractivity contribution is 6.08. The second-order valence-corrected chi connectivity index (χ2v) is 9.01. The first kappa shape index (κ1) is 19.5. The summed E-state index contributed by atoms with van der Waals surface area (Å²) < 4.78 is 30.2. The van der Waals surface area contributed by atoms with Crippen LogP contribution >= 0.6 is 0 Å². The third kappa shape index (κ3) is 2.84. The Labute approximate surface area is 174 Å². The predicted molar refractivity (Wildman–Crippen MR) is 108 cm³/mol. The van der Waals surface area contributed by atoms with E-state index in [1.54, 1.807) is 7.05 Å². The molecule has 1 amide bonds. The van der Waals surface area contributed by atoms with Crippen LogP contribution in [0.25, 0.3) is 0 Å². The molecule has 2 spiro atoms. The number of nitrogens with two attached hydrogens (primary N) is 1. The van der Waals surface area contributed by atoms with Crippen LogP contribution in [-0.2, 0) is 21.5 Å². The van der Waals surface area contributed by atoms with Gasteiger partial charge in [0.25, 0.3) is 5.91 Å². The number of amides is 1. The monoisotopic (exact) mass is 413 g/mol. The molecule has 3 aliphatic carbocycles. The second kappa shape index (κ2) is 6.78. The van der Waals surface area contributed by atoms with E-state index in [1.807, 2.05) is 18.2 Å². The highest BCUT2D eigenvalue weighted by Crippen LogP contribution is 2.61. The van der Waals surface area contributed by atoms with E-state index in [0.717, 1.165) is 29.5 Å². The number of fused-ring (bicyclic) bond motifs is 3. The molecule has 4 aliphatic rings. The SMILES string of the molecule is CN1C(=O)[C@]2(N=C1N)c1cc(C#CC3CC3)ccc1CC21CCC(OC(F)F)CC1. The molecular weight excluding hydrogens is 388 g/mol. The lowest BCUT2D eigenvalue weighted by molar-refractivity contribution is -0.178. The molecule has 1 aromatic carbocycles. The predicted octanol–water partition coefficient (Wildman–Crippen LogP) is 3.15. The molecule has 30 heavy (non-hydrogen) atoms. The van der Waals surface area contributed by atoms with E-state index < -0.39 is 23.7 Å². The molecule has 158 valence electrons. The summed E-state index contributed by atoms with van der Waals surface area (Å²) in [6.07, 6.45) is 4.59. The molecule has 0 bridgehead atoms. The van der Waals surface area contributed by atoms with Gasteiger partial charge in [0.2, 0.25) is 0 Å². The van der Waals surface area contributed by atoms with Crippen LogP contribution in [0.1, 0.15) is 55.2 Å². The highest BCUT2D eigenvalue weighted by atomic mass is 19.3. The fourth-order valence-electron chi connectivity index (χ4n) is 5.46. The number of nitrogens with zero attached hydrogens (tertiary/aromatic N) is 2. The van der Waals surface area contributed by atoms with Gasteiger partial charge in [0.1, 0.15) is 0 Å². The molecule has 0 unspecified atom stereocenters. The Kier molecular flexibility index (Phi) is 4.41. The second-order valence-electron chi connectivity index (χ2n) is 9.01. The number of hydrogen-bond donors (Lipinski definition) is 1. The average Bonchev–Trinajstić information content (AvgIpc) is 3.47. The Morgan fingerprint density at radius 1 is 1.27 bits per heavy atom. The highest BCUT2D eigenvalue weighted by Gasteiger charge is 2.66. The third-order valence-corrected chi connectivity index (χ3v) is 7.22. The normalized spacial score (nSPS) is 32.5. The van der Waals surface area contributed by atoms with E-state index in [0.29, 0.717) is 38.0 Å². The van der Waals surface area contributed by atoms with E-state index in [-0.39, 0.29) is 11.9 Å². The Hall–Kier alpha value is -2.46. The lowest BCUT2D eigenvalue weighted by Gasteiger charge is -2.45. The number of aliphatic imine (C=N–C) groups is 1. The van der Waals surface area contributed by atoms with Gasteiger partial charge in [0, 0.05) is 23.9 Å². The summed E-state index contributed by atoms with van der Waals surface area (Å²) >= 11 is 0. The average molecular weight is 413 g/mol. The van der Waals surface area contributed by atoms with Gasteiger partial charge in [-0.15, -0.1) is 0 Å². The lowest BCUT2D eigenvalue weighted by atomic mass is 9.61. The number of guanidine groups is 1. The molecule has 5 rings (SSSR count). The third-order valence-electron chi connectivity index (χ3n) is 7.22. The zero-order valence-electron chi connectivity index (χ0n) is 17.0. The van der Waals surface area contributed by atoms with Gasteiger partial charge >= 0.3 is 6.61 Å². The minimum Gasteiger partial charge on any atom is -0.369 e. The van der Waals surface area contributed by atoms with Gasteiger partial charge in [-0.3, -0.25) is 9.69 Å². The summed E-state index contributed by atoms with van der Waals surface area (Å²) in [5, 5.41) is 0. The van der Waals surface area contributed by atoms with Gasteiger partial charge < -0.3 is 10.5 Å². The molecule has 2 saturated carbocycles. The van der Waals surface area contributed by atoms with Gasteiger partial charge in [-0.1, -0.05) is 17.9 Å². The van der Waals surface area contributed by atoms with Crippen LogP contribution in [0.15, 0.2) is 23.2 Å². The van der Waals surface area contributed by atoms with Crippen molar-refractivity contribution in [2.75, 3.05) is 7.05 Å². The van der Waals surface area contributed by atoms with E-state index in [9.17, 15) is 13.6 Å². The minimum atomic E-state index is -2.78. The topological polar surface area (TPSA) is 67.9 Å². The molecule has 7 heteroatoms. The van der Waals surface area contributed by atoms with Crippen LogP contribution < -0.4 is 5.73 Å². The van der Waals surface area contributed by atoms with Crippen molar-refractivity contribution in [2.24, 2.45) is 22.1 Å². The van der Waals surface area contributed by atoms with E-state index in [4.69, 9.17) is 15.5 Å². The van der Waals surface area contributed by atoms with Crippen molar-refractivity contribution in [2.45, 2.75) is 63.2 Å². The summed E-state index contributed by atoms with van der Waals surface area (Å²) in [4.78, 5) is 19.8. The summed E-state index contributed by atoms with van der Waals surface area (Å²) in [5.74, 6) is 7.06. The number of alkyl halides is 2. The molecule has 2 N–H and O–H groups in total. The first-order chi connectivity index (χ1) is 14.3. The number of carbonyl (C=O) groups excluding carboxylic acids is 1. The molecule has 1 aromatic rings. The largest absolute Gasteiger partial charge is 0.369 e. The number of benzene rings is 1. The van der Waals surface area contributed by atoms with Crippen LogP contribution in [0.3, 0.4) is 0 Å². The molecular formula is C23H25F2N3O2. The Morgan fingerprint density at radius 2 is 2.00 bits per heavy atom. The minimum absolute atomic E-state index is 0.140. The van der Waals surface area contributed by atoms with Crippen LogP contribution in [0.2, 0.25) is 0 Å². The van der Waals surface area contributed by atoms with Crippen LogP contribution in [0.5, 0.6) is 0 Å². The van der Waals surface area contributed by atoms with Crippen molar-refractivity contribution < 1.29 is 18.3 Å². The molecule has 1 aliphatic heterocycles. The quantitative estimate of drug-likeness (QED) is 0.758. The molecule has 1 atom stereocenters. The molecule has 0 aromatic heterocycles. The molecule has 0 saturated heterocycles. The summed E-state index contributed by atoms with van der Waals surface area (Å²) in [5.41, 5.74) is 7.35. The lowest BCUT2D eigenvalue weighted by Crippen LogP contribution is -2.51. The van der Waals surface area contributed by atoms with Gasteiger partial charge in [-0.2, -0.15) is 8.78 Å². The van der Waals surface area contributed by atoms with Crippen LogP contribution in [0.4, 0.5) is 8.78 Å². The standard InChI is InChI=1S/C23H25F2N3O2/c1-28-19(29)23(27-21(28)26)18-12-15(5-4-14-2-3-14)6-7-16(18)13-22(23)10-8-17(9-11-22)30-20(24)25/h6-7,12,14,17,20H,2-3,8-11,13H2,1H3,(H2,26,27)/t17?,22?,23-/m1/s1. The summed E-state index contributed by atoms with van der Waals surface area (Å²) in [6, 6.07) is 6.04. The fraction of sp³-hybridized carbons (Fsp3) is 0.565. The number of hydrogen-bond acceptors (Lipinski definition) is 4. The van der Waals surface area contributed by atoms with Crippen molar-refractivity contribution in [3.8, 4) is 11.8 Å². The van der Waals surface area contributed by atoms with E-state index >= 15 is 0 Å². The van der Waals surface area contributed by atoms with Crippen molar-refractivity contribution in [3.05, 3.63) is 34.9 Å². The maximum Gasteiger partial charge on any atom is 0.345 e. The number of carbonyl (C=O) groups is 1. The van der Waals surface area contributed by atoms with Gasteiger partial charge in [-0.05, 0) is 68.2 Å². The van der Waals surface area contributed by atoms with Gasteiger partial charge in [0.15, 0.2) is 11.5 Å². The first-order valence-electron chi connectivity index (χ1n) is 10.6. The van der Waals surface area contributed by atoms with Crippen LogP contribution in [-0.4, -0.2) is 36.5 Å². The fourth-order valence-corrected chi connectivity index (χ4v) is 5.46. The van der Waals surface area contributed by atoms with Gasteiger partial charge in [0.05, 0.1) is 6.10 Å². The van der Waals surface area contributed by atoms with E-state index in [1.165, 1.54) is 4.90 Å². The number of ether oxygens (including phenoxy) is 1. The van der Waals surface area contributed by atoms with Crippen molar-refractivity contribution in [3.63, 3.8) is 0 Å². The van der Waals surface area contributed by atoms with Crippen molar-refractivity contribution >= 4 is 11.9 Å². The Balaban J connectivity index is 1.56. The maximum atomic E-state index is 13.6. The molecule has 2 fully saturated rings. The van der Waals surface area contributed by atoms with E-state index in [2.05, 4.69) is 11.8 Å². The Morgan fingerprint density at radius 3 is 2.60 bits per heavy atom. The number of rotatable bonds is 2. The first-order valence-corrected chi connectivity index (χ1v) is 10.6. The van der Waals surface area contributed by atoms with Crippen molar-refractivity contribution in [1.82, 2.24) is 4.90 Å². The zero-order valence-corrected chi connectivity index (χ0v) is 17.0. The van der Waals surface area contributed by atoms with Crippen LogP contribution in [0, 0.1) is 23.2 Å². The van der Waals surface area contributed by atoms with Gasteiger partial charge in [-0.25, -0.2) is 4.99 Å². The number of likely N-dealkylation sites (N-methyl/N-ethyl adjacent to an activating group) is 1. The summed E-state index contributed by atoms with van der Waals surface area (Å²) in [6.45, 7) is -2.78. The molecule has 0 radical (unpaired) electrons. The molecule has 1 heterocycles. The maximum absolute atomic E-state index is 13.6.